The van der Waals surface area contributed by atoms with Crippen molar-refractivity contribution in [1.29, 1.82) is 5.26 Å². The number of hydrogen-bond donors (Lipinski definition) is 0. The van der Waals surface area contributed by atoms with Crippen molar-refractivity contribution in [2.24, 2.45) is 0 Å². The van der Waals surface area contributed by atoms with E-state index in [1.54, 1.807) is 53.7 Å². The summed E-state index contributed by atoms with van der Waals surface area (Å²) in [6.45, 7) is 0.339. The summed E-state index contributed by atoms with van der Waals surface area (Å²) in [6, 6.07) is 10.2. The molecule has 6 aromatic rings. The Morgan fingerprint density at radius 2 is 1.97 bits per heavy atom. The van der Waals surface area contributed by atoms with Crippen LogP contribution in [0.5, 0.6) is 5.75 Å². The topological polar surface area (TPSA) is 120 Å². The van der Waals surface area contributed by atoms with Crippen LogP contribution in [-0.4, -0.2) is 45.7 Å². The summed E-state index contributed by atoms with van der Waals surface area (Å²) < 4.78 is 24.0. The quantitative estimate of drug-likeness (QED) is 0.366. The van der Waals surface area contributed by atoms with E-state index in [2.05, 4.69) is 26.1 Å². The summed E-state index contributed by atoms with van der Waals surface area (Å²) in [5, 5.41) is 13.7. The molecule has 7 rings (SSSR count). The van der Waals surface area contributed by atoms with E-state index in [0.717, 1.165) is 0 Å². The molecule has 0 saturated carbocycles. The minimum Gasteiger partial charge on any atom is -0.490 e. The Morgan fingerprint density at radius 1 is 1.08 bits per heavy atom. The van der Waals surface area contributed by atoms with Crippen LogP contribution in [0.3, 0.4) is 0 Å². The van der Waals surface area contributed by atoms with Gasteiger partial charge >= 0.3 is 0 Å². The first kappa shape index (κ1) is 21.1. The molecule has 178 valence electrons. The average Bonchev–Trinajstić information content (AvgIpc) is 3.54. The van der Waals surface area contributed by atoms with Crippen LogP contribution < -0.4 is 4.74 Å². The zero-order valence-corrected chi connectivity index (χ0v) is 19.2. The lowest BCUT2D eigenvalue weighted by Crippen LogP contribution is -2.22. The Morgan fingerprint density at radius 3 is 2.84 bits per heavy atom. The van der Waals surface area contributed by atoms with Gasteiger partial charge in [-0.25, -0.2) is 33.8 Å². The molecule has 1 unspecified atom stereocenters. The van der Waals surface area contributed by atoms with Crippen LogP contribution in [0.2, 0.25) is 0 Å². The van der Waals surface area contributed by atoms with Gasteiger partial charge in [-0.3, -0.25) is 0 Å². The molecular weight excluding hydrogens is 473 g/mol. The Balaban J connectivity index is 1.49. The van der Waals surface area contributed by atoms with Crippen molar-refractivity contribution in [3.05, 3.63) is 84.6 Å². The Bertz CT molecular complexity index is 1860. The maximum atomic E-state index is 14.7. The number of hydrogen-bond acceptors (Lipinski definition) is 8. The molecule has 5 aromatic heterocycles. The zero-order chi connectivity index (χ0) is 24.9. The highest BCUT2D eigenvalue weighted by molar-refractivity contribution is 5.82. The summed E-state index contributed by atoms with van der Waals surface area (Å²) in [4.78, 5) is 22.6. The highest BCUT2D eigenvalue weighted by Crippen LogP contribution is 2.40. The van der Waals surface area contributed by atoms with Gasteiger partial charge in [0.25, 0.3) is 0 Å². The average molecular weight is 489 g/mol. The normalized spacial score (nSPS) is 14.9. The molecule has 0 aliphatic carbocycles. The largest absolute Gasteiger partial charge is 0.490 e. The second-order valence-electron chi connectivity index (χ2n) is 8.56. The molecule has 6 heterocycles. The SMILES string of the molecule is N#Cc1ccn2ncc(-c3ncc4nc(-c5cncnc5)n(C5CCOc6c(F)cccc65)c4n3)c2c1. The van der Waals surface area contributed by atoms with Gasteiger partial charge in [0, 0.05) is 30.6 Å². The van der Waals surface area contributed by atoms with Crippen LogP contribution >= 0.6 is 0 Å². The number of pyridine rings is 1. The number of halogens is 1. The third-order valence-electron chi connectivity index (χ3n) is 6.45. The summed E-state index contributed by atoms with van der Waals surface area (Å²) >= 11 is 0. The van der Waals surface area contributed by atoms with E-state index in [4.69, 9.17) is 14.7 Å². The third kappa shape index (κ3) is 3.30. The van der Waals surface area contributed by atoms with E-state index >= 15 is 0 Å². The fourth-order valence-electron chi connectivity index (χ4n) is 4.79. The van der Waals surface area contributed by atoms with Gasteiger partial charge in [0.15, 0.2) is 23.0 Å². The van der Waals surface area contributed by atoms with E-state index in [1.165, 1.54) is 12.4 Å². The molecule has 0 spiro atoms. The summed E-state index contributed by atoms with van der Waals surface area (Å²) in [6.07, 6.45) is 10.5. The molecule has 1 aromatic carbocycles. The number of ether oxygens (including phenoxy) is 1. The van der Waals surface area contributed by atoms with Crippen LogP contribution in [0.1, 0.15) is 23.6 Å². The number of nitriles is 1. The van der Waals surface area contributed by atoms with Gasteiger partial charge in [-0.1, -0.05) is 12.1 Å². The first-order valence-corrected chi connectivity index (χ1v) is 11.5. The van der Waals surface area contributed by atoms with Crippen LogP contribution in [0.15, 0.2) is 67.6 Å². The van der Waals surface area contributed by atoms with Crippen molar-refractivity contribution in [3.63, 3.8) is 0 Å². The van der Waals surface area contributed by atoms with Crippen molar-refractivity contribution in [1.82, 2.24) is 39.1 Å². The van der Waals surface area contributed by atoms with Gasteiger partial charge in [-0.2, -0.15) is 10.4 Å². The summed E-state index contributed by atoms with van der Waals surface area (Å²) in [5.41, 5.74) is 4.43. The number of para-hydroxylation sites is 1. The highest BCUT2D eigenvalue weighted by atomic mass is 19.1. The molecule has 10 nitrogen and oxygen atoms in total. The van der Waals surface area contributed by atoms with Crippen LogP contribution in [0.4, 0.5) is 4.39 Å². The van der Waals surface area contributed by atoms with Crippen molar-refractivity contribution in [2.75, 3.05) is 6.61 Å². The van der Waals surface area contributed by atoms with Gasteiger partial charge in [-0.05, 0) is 18.2 Å². The smallest absolute Gasteiger partial charge is 0.165 e. The number of fused-ring (bicyclic) bond motifs is 3. The molecule has 1 aliphatic rings. The predicted molar refractivity (Wildman–Crippen MR) is 130 cm³/mol. The van der Waals surface area contributed by atoms with E-state index in [0.29, 0.717) is 63.6 Å². The molecule has 0 radical (unpaired) electrons. The Kier molecular flexibility index (Phi) is 4.65. The van der Waals surface area contributed by atoms with E-state index in [1.807, 2.05) is 10.6 Å². The second-order valence-corrected chi connectivity index (χ2v) is 8.56. The van der Waals surface area contributed by atoms with Gasteiger partial charge in [0.05, 0.1) is 53.3 Å². The lowest BCUT2D eigenvalue weighted by Gasteiger charge is -2.28. The number of nitrogens with zero attached hydrogens (tertiary/aromatic N) is 9. The van der Waals surface area contributed by atoms with Crippen molar-refractivity contribution >= 4 is 16.7 Å². The second kappa shape index (κ2) is 8.17. The van der Waals surface area contributed by atoms with Crippen molar-refractivity contribution in [2.45, 2.75) is 12.5 Å². The number of imidazole rings is 1. The van der Waals surface area contributed by atoms with Crippen LogP contribution in [-0.2, 0) is 0 Å². The van der Waals surface area contributed by atoms with E-state index in [9.17, 15) is 9.65 Å². The Hall–Kier alpha value is -5.24. The monoisotopic (exact) mass is 489 g/mol. The standard InChI is InChI=1S/C26H16FN9O/c27-19-3-1-2-17-21(5-7-37-23(17)19)36-25(16-10-29-14-30-11-16)33-20-13-31-24(34-26(20)36)18-12-32-35-6-4-15(9-28)8-22(18)35/h1-4,6,8,10-14,21H,5,7H2. The fraction of sp³-hybridized carbons (Fsp3) is 0.115. The van der Waals surface area contributed by atoms with E-state index in [-0.39, 0.29) is 11.8 Å². The number of benzene rings is 1. The maximum absolute atomic E-state index is 14.7. The molecule has 0 fully saturated rings. The van der Waals surface area contributed by atoms with Crippen LogP contribution in [0.25, 0.3) is 39.5 Å². The number of aromatic nitrogens is 8. The van der Waals surface area contributed by atoms with Gasteiger partial charge in [0.2, 0.25) is 0 Å². The first-order valence-electron chi connectivity index (χ1n) is 11.5. The van der Waals surface area contributed by atoms with Gasteiger partial charge in [0.1, 0.15) is 17.7 Å². The highest BCUT2D eigenvalue weighted by Gasteiger charge is 2.30. The number of rotatable bonds is 3. The molecule has 1 atom stereocenters. The van der Waals surface area contributed by atoms with E-state index < -0.39 is 5.82 Å². The summed E-state index contributed by atoms with van der Waals surface area (Å²) in [7, 11) is 0. The minimum atomic E-state index is -0.411. The molecule has 1 aliphatic heterocycles. The predicted octanol–water partition coefficient (Wildman–Crippen LogP) is 3.98. The lowest BCUT2D eigenvalue weighted by atomic mass is 9.99. The van der Waals surface area contributed by atoms with Gasteiger partial charge in [-0.15, -0.1) is 0 Å². The van der Waals surface area contributed by atoms with Crippen LogP contribution in [0, 0.1) is 17.1 Å². The molecular formula is C26H16FN9O. The molecule has 0 bridgehead atoms. The molecule has 37 heavy (non-hydrogen) atoms. The minimum absolute atomic E-state index is 0.233. The van der Waals surface area contributed by atoms with Gasteiger partial charge < -0.3 is 9.30 Å². The first-order chi connectivity index (χ1) is 18.2. The maximum Gasteiger partial charge on any atom is 0.165 e. The zero-order valence-electron chi connectivity index (χ0n) is 19.2. The third-order valence-corrected chi connectivity index (χ3v) is 6.45. The van der Waals surface area contributed by atoms with Crippen molar-refractivity contribution in [3.8, 4) is 34.6 Å². The molecule has 11 heteroatoms. The van der Waals surface area contributed by atoms with Crippen molar-refractivity contribution < 1.29 is 9.13 Å². The molecule has 0 amide bonds. The molecule has 0 saturated heterocycles. The summed E-state index contributed by atoms with van der Waals surface area (Å²) in [5.74, 6) is 0.847. The Labute approximate surface area is 208 Å². The fourth-order valence-corrected chi connectivity index (χ4v) is 4.79. The lowest BCUT2D eigenvalue weighted by molar-refractivity contribution is 0.246. The molecule has 0 N–H and O–H groups in total.